The lowest BCUT2D eigenvalue weighted by Gasteiger charge is -2.05. The largest absolute Gasteiger partial charge is 0.399 e. The summed E-state index contributed by atoms with van der Waals surface area (Å²) in [6, 6.07) is 7.63. The monoisotopic (exact) mass is 347 g/mol. The van der Waals surface area contributed by atoms with Crippen molar-refractivity contribution in [2.45, 2.75) is 26.3 Å². The van der Waals surface area contributed by atoms with Gasteiger partial charge in [-0.2, -0.15) is 0 Å². The van der Waals surface area contributed by atoms with Crippen LogP contribution < -0.4 is 11.1 Å². The van der Waals surface area contributed by atoms with Crippen LogP contribution in [0.2, 0.25) is 0 Å². The average Bonchev–Trinajstić information content (AvgIpc) is 2.81. The molecule has 1 aromatic heterocycles. The molecule has 2 aromatic rings. The van der Waals surface area contributed by atoms with Gasteiger partial charge in [0.2, 0.25) is 5.91 Å². The van der Waals surface area contributed by atoms with E-state index in [9.17, 15) is 4.79 Å². The standard InChI is InChI=1S/C14H17N3OS.2ClH/c1-10-9-19-14(17-10)8-16-13(18)7-6-11-4-2-3-5-12(11)15;;/h2-5,9H,6-8,15H2,1H3,(H,16,18);2*1H. The summed E-state index contributed by atoms with van der Waals surface area (Å²) in [6.45, 7) is 2.45. The number of benzene rings is 1. The number of halogens is 2. The van der Waals surface area contributed by atoms with Gasteiger partial charge in [0.15, 0.2) is 0 Å². The Morgan fingerprint density at radius 1 is 1.33 bits per heavy atom. The van der Waals surface area contributed by atoms with Crippen LogP contribution in [-0.2, 0) is 17.8 Å². The van der Waals surface area contributed by atoms with Gasteiger partial charge in [0.1, 0.15) is 5.01 Å². The number of nitrogens with one attached hydrogen (secondary N) is 1. The molecule has 0 fully saturated rings. The Balaban J connectivity index is 0.00000200. The van der Waals surface area contributed by atoms with Crippen LogP contribution in [0, 0.1) is 6.92 Å². The molecule has 0 bridgehead atoms. The summed E-state index contributed by atoms with van der Waals surface area (Å²) in [6.07, 6.45) is 1.11. The van der Waals surface area contributed by atoms with Gasteiger partial charge in [-0.1, -0.05) is 18.2 Å². The van der Waals surface area contributed by atoms with E-state index in [0.29, 0.717) is 19.4 Å². The van der Waals surface area contributed by atoms with E-state index in [1.165, 1.54) is 0 Å². The average molecular weight is 348 g/mol. The molecule has 2 rings (SSSR count). The van der Waals surface area contributed by atoms with Crippen molar-refractivity contribution in [1.82, 2.24) is 10.3 Å². The first kappa shape index (κ1) is 19.7. The van der Waals surface area contributed by atoms with Crippen LogP contribution in [0.15, 0.2) is 29.6 Å². The highest BCUT2D eigenvalue weighted by Gasteiger charge is 2.05. The number of carbonyl (C=O) groups excluding carboxylic acids is 1. The molecule has 0 radical (unpaired) electrons. The van der Waals surface area contributed by atoms with Crippen molar-refractivity contribution in [3.63, 3.8) is 0 Å². The molecule has 1 heterocycles. The molecular formula is C14H19Cl2N3OS. The fraction of sp³-hybridized carbons (Fsp3) is 0.286. The van der Waals surface area contributed by atoms with Gasteiger partial charge in [-0.25, -0.2) is 4.98 Å². The lowest BCUT2D eigenvalue weighted by molar-refractivity contribution is -0.121. The molecule has 0 aliphatic heterocycles. The van der Waals surface area contributed by atoms with Gasteiger partial charge in [0.05, 0.1) is 6.54 Å². The maximum Gasteiger partial charge on any atom is 0.220 e. The minimum atomic E-state index is 0. The van der Waals surface area contributed by atoms with Crippen molar-refractivity contribution in [3.05, 3.63) is 45.9 Å². The fourth-order valence-corrected chi connectivity index (χ4v) is 2.47. The molecule has 0 saturated carbocycles. The molecule has 1 amide bonds. The third-order valence-corrected chi connectivity index (χ3v) is 3.75. The third kappa shape index (κ3) is 6.33. The normalized spacial score (nSPS) is 9.38. The first-order valence-corrected chi connectivity index (χ1v) is 7.04. The van der Waals surface area contributed by atoms with Gasteiger partial charge in [0.25, 0.3) is 0 Å². The second-order valence-corrected chi connectivity index (χ2v) is 5.30. The van der Waals surface area contributed by atoms with Gasteiger partial charge in [0, 0.05) is 23.2 Å². The molecule has 21 heavy (non-hydrogen) atoms. The van der Waals surface area contributed by atoms with E-state index in [1.54, 1.807) is 11.3 Å². The van der Waals surface area contributed by atoms with Crippen molar-refractivity contribution in [2.24, 2.45) is 0 Å². The molecule has 0 unspecified atom stereocenters. The molecule has 1 aromatic carbocycles. The highest BCUT2D eigenvalue weighted by Crippen LogP contribution is 2.12. The molecule has 7 heteroatoms. The van der Waals surface area contributed by atoms with Crippen molar-refractivity contribution in [1.29, 1.82) is 0 Å². The van der Waals surface area contributed by atoms with E-state index in [1.807, 2.05) is 36.6 Å². The second kappa shape index (κ2) is 9.60. The predicted octanol–water partition coefficient (Wildman–Crippen LogP) is 3.13. The summed E-state index contributed by atoms with van der Waals surface area (Å²) in [5, 5.41) is 5.78. The van der Waals surface area contributed by atoms with Gasteiger partial charge < -0.3 is 11.1 Å². The number of hydrogen-bond donors (Lipinski definition) is 2. The zero-order valence-corrected chi connectivity index (χ0v) is 14.1. The molecule has 0 saturated heterocycles. The quantitative estimate of drug-likeness (QED) is 0.816. The van der Waals surface area contributed by atoms with Crippen LogP contribution in [-0.4, -0.2) is 10.9 Å². The number of amides is 1. The Morgan fingerprint density at radius 2 is 2.05 bits per heavy atom. The Morgan fingerprint density at radius 3 is 2.67 bits per heavy atom. The number of nitrogens with zero attached hydrogens (tertiary/aromatic N) is 1. The number of carbonyl (C=O) groups is 1. The van der Waals surface area contributed by atoms with E-state index in [4.69, 9.17) is 5.73 Å². The van der Waals surface area contributed by atoms with Crippen LogP contribution in [0.25, 0.3) is 0 Å². The summed E-state index contributed by atoms with van der Waals surface area (Å²) in [7, 11) is 0. The molecule has 116 valence electrons. The SMILES string of the molecule is Cc1csc(CNC(=O)CCc2ccccc2N)n1.Cl.Cl. The fourth-order valence-electron chi connectivity index (χ4n) is 1.76. The van der Waals surface area contributed by atoms with E-state index >= 15 is 0 Å². The predicted molar refractivity (Wildman–Crippen MR) is 92.4 cm³/mol. The summed E-state index contributed by atoms with van der Waals surface area (Å²) < 4.78 is 0. The number of nitrogens with two attached hydrogens (primary N) is 1. The van der Waals surface area contributed by atoms with E-state index in [2.05, 4.69) is 10.3 Å². The highest BCUT2D eigenvalue weighted by molar-refractivity contribution is 7.09. The van der Waals surface area contributed by atoms with Gasteiger partial charge in [-0.15, -0.1) is 36.2 Å². The van der Waals surface area contributed by atoms with E-state index in [0.717, 1.165) is 22.0 Å². The molecule has 3 N–H and O–H groups in total. The molecular weight excluding hydrogens is 329 g/mol. The maximum absolute atomic E-state index is 11.7. The number of nitrogen functional groups attached to an aromatic ring is 1. The minimum absolute atomic E-state index is 0. The van der Waals surface area contributed by atoms with Crippen LogP contribution in [0.4, 0.5) is 5.69 Å². The zero-order valence-electron chi connectivity index (χ0n) is 11.7. The van der Waals surface area contributed by atoms with Crippen molar-refractivity contribution in [2.75, 3.05) is 5.73 Å². The molecule has 0 atom stereocenters. The number of hydrogen-bond acceptors (Lipinski definition) is 4. The zero-order chi connectivity index (χ0) is 13.7. The number of rotatable bonds is 5. The molecule has 0 aliphatic carbocycles. The number of para-hydroxylation sites is 1. The van der Waals surface area contributed by atoms with Crippen LogP contribution in [0.1, 0.15) is 22.7 Å². The number of thiazole rings is 1. The lowest BCUT2D eigenvalue weighted by atomic mass is 10.1. The van der Waals surface area contributed by atoms with E-state index < -0.39 is 0 Å². The first-order valence-electron chi connectivity index (χ1n) is 6.16. The molecule has 4 nitrogen and oxygen atoms in total. The number of aromatic nitrogens is 1. The van der Waals surface area contributed by atoms with Crippen LogP contribution >= 0.6 is 36.2 Å². The smallest absolute Gasteiger partial charge is 0.220 e. The topological polar surface area (TPSA) is 68.0 Å². The van der Waals surface area contributed by atoms with Crippen LogP contribution in [0.5, 0.6) is 0 Å². The highest BCUT2D eigenvalue weighted by atomic mass is 35.5. The van der Waals surface area contributed by atoms with Crippen LogP contribution in [0.3, 0.4) is 0 Å². The van der Waals surface area contributed by atoms with E-state index in [-0.39, 0.29) is 30.7 Å². The summed E-state index contributed by atoms with van der Waals surface area (Å²) in [4.78, 5) is 16.0. The Labute approximate surface area is 141 Å². The lowest BCUT2D eigenvalue weighted by Crippen LogP contribution is -2.23. The van der Waals surface area contributed by atoms with Gasteiger partial charge >= 0.3 is 0 Å². The number of anilines is 1. The summed E-state index contributed by atoms with van der Waals surface area (Å²) >= 11 is 1.56. The Kier molecular flexibility index (Phi) is 9.01. The number of aryl methyl sites for hydroxylation is 2. The first-order chi connectivity index (χ1) is 9.15. The Bertz CT molecular complexity index is 575. The van der Waals surface area contributed by atoms with Gasteiger partial charge in [-0.05, 0) is 25.0 Å². The van der Waals surface area contributed by atoms with Crippen molar-refractivity contribution < 1.29 is 4.79 Å². The molecule has 0 spiro atoms. The second-order valence-electron chi connectivity index (χ2n) is 4.36. The maximum atomic E-state index is 11.7. The summed E-state index contributed by atoms with van der Waals surface area (Å²) in [5.74, 6) is 0.0242. The van der Waals surface area contributed by atoms with Crippen molar-refractivity contribution in [3.8, 4) is 0 Å². The third-order valence-electron chi connectivity index (χ3n) is 2.78. The summed E-state index contributed by atoms with van der Waals surface area (Å²) in [5.41, 5.74) is 8.58. The Hall–Kier alpha value is -1.30. The van der Waals surface area contributed by atoms with Gasteiger partial charge in [-0.3, -0.25) is 4.79 Å². The molecule has 0 aliphatic rings. The van der Waals surface area contributed by atoms with Crippen molar-refractivity contribution >= 4 is 47.7 Å². The minimum Gasteiger partial charge on any atom is -0.399 e.